The van der Waals surface area contributed by atoms with Crippen molar-refractivity contribution in [1.29, 1.82) is 5.26 Å². The molecule has 2 saturated heterocycles. The number of nitrogens with one attached hydrogen (secondary N) is 1. The van der Waals surface area contributed by atoms with Gasteiger partial charge >= 0.3 is 0 Å². The number of aromatic nitrogens is 3. The highest BCUT2D eigenvalue weighted by atomic mass is 35.5. The van der Waals surface area contributed by atoms with E-state index in [1.54, 1.807) is 12.3 Å². The van der Waals surface area contributed by atoms with Crippen LogP contribution in [0.15, 0.2) is 31.0 Å². The van der Waals surface area contributed by atoms with E-state index in [4.69, 9.17) is 47.4 Å². The monoisotopic (exact) mass is 610 g/mol. The number of fused-ring (bicyclic) bond motifs is 1. The second-order valence-corrected chi connectivity index (χ2v) is 11.6. The Morgan fingerprint density at radius 3 is 2.52 bits per heavy atom. The second kappa shape index (κ2) is 12.3. The zero-order valence-electron chi connectivity index (χ0n) is 23.7. The van der Waals surface area contributed by atoms with Crippen LogP contribution < -0.4 is 19.7 Å². The van der Waals surface area contributed by atoms with E-state index in [1.165, 1.54) is 20.3 Å². The lowest BCUT2D eigenvalue weighted by atomic mass is 9.82. The minimum atomic E-state index is -0.399. The van der Waals surface area contributed by atoms with Crippen molar-refractivity contribution in [3.63, 3.8) is 0 Å². The maximum Gasteiger partial charge on any atom is 0.243 e. The highest BCUT2D eigenvalue weighted by molar-refractivity contribution is 6.41. The standard InChI is InChI=1S/C30H32Cl2N6O4/c1-5-24(39)35-20-15-42-14-18(20)11-23-34-13-17-10-19(25-26(31)21(40-3)12-22(41-4)27(25)32)36-29(28(17)37-23)38-8-6-30(2,16-33)7-9-38/h5,10,12-13,18,20H,1,6-9,11,14-15H2,2-4H3,(H,35,39)/t18?,20-/m0/s1. The first-order chi connectivity index (χ1) is 20.2. The van der Waals surface area contributed by atoms with E-state index in [-0.39, 0.29) is 17.9 Å². The molecule has 0 aliphatic carbocycles. The van der Waals surface area contributed by atoms with Crippen LogP contribution in [0.4, 0.5) is 5.82 Å². The van der Waals surface area contributed by atoms with Gasteiger partial charge in [-0.05, 0) is 31.9 Å². The third-order valence-corrected chi connectivity index (χ3v) is 8.77. The third kappa shape index (κ3) is 5.82. The van der Waals surface area contributed by atoms with Crippen molar-refractivity contribution in [2.24, 2.45) is 11.3 Å². The fourth-order valence-corrected chi connectivity index (χ4v) is 6.07. The predicted molar refractivity (Wildman–Crippen MR) is 161 cm³/mol. The SMILES string of the molecule is C=CC(=O)N[C@H]1COCC1Cc1ncc2cc(-c3c(Cl)c(OC)cc(OC)c3Cl)nc(N3CCC(C)(C#N)CC3)c2n1. The molecule has 220 valence electrons. The van der Waals surface area contributed by atoms with Crippen molar-refractivity contribution in [2.75, 3.05) is 45.4 Å². The number of ether oxygens (including phenoxy) is 3. The van der Waals surface area contributed by atoms with Crippen molar-refractivity contribution in [3.05, 3.63) is 46.9 Å². The maximum atomic E-state index is 11.9. The molecule has 1 aromatic carbocycles. The molecule has 2 fully saturated rings. The van der Waals surface area contributed by atoms with Crippen LogP contribution in [0, 0.1) is 22.7 Å². The second-order valence-electron chi connectivity index (χ2n) is 10.8. The summed E-state index contributed by atoms with van der Waals surface area (Å²) in [6, 6.07) is 5.78. The summed E-state index contributed by atoms with van der Waals surface area (Å²) >= 11 is 13.5. The smallest absolute Gasteiger partial charge is 0.243 e. The van der Waals surface area contributed by atoms with Crippen LogP contribution in [-0.2, 0) is 16.0 Å². The summed E-state index contributed by atoms with van der Waals surface area (Å²) in [6.45, 7) is 7.69. The molecule has 3 aromatic rings. The van der Waals surface area contributed by atoms with E-state index in [9.17, 15) is 10.1 Å². The molecule has 1 N–H and O–H groups in total. The van der Waals surface area contributed by atoms with Crippen LogP contribution in [-0.4, -0.2) is 67.4 Å². The van der Waals surface area contributed by atoms with Crippen molar-refractivity contribution in [3.8, 4) is 28.8 Å². The zero-order chi connectivity index (χ0) is 30.0. The van der Waals surface area contributed by atoms with Crippen molar-refractivity contribution in [1.82, 2.24) is 20.3 Å². The van der Waals surface area contributed by atoms with E-state index in [0.29, 0.717) is 95.5 Å². The summed E-state index contributed by atoms with van der Waals surface area (Å²) in [7, 11) is 3.05. The molecule has 42 heavy (non-hydrogen) atoms. The number of carbonyl (C=O) groups is 1. The van der Waals surface area contributed by atoms with Gasteiger partial charge in [-0.25, -0.2) is 15.0 Å². The first-order valence-electron chi connectivity index (χ1n) is 13.6. The molecular formula is C30H32Cl2N6O4. The number of amides is 1. The van der Waals surface area contributed by atoms with E-state index < -0.39 is 5.41 Å². The van der Waals surface area contributed by atoms with Gasteiger partial charge in [-0.1, -0.05) is 29.8 Å². The first kappa shape index (κ1) is 29.8. The summed E-state index contributed by atoms with van der Waals surface area (Å²) in [5, 5.41) is 14.0. The Bertz CT molecular complexity index is 1540. The molecule has 12 heteroatoms. The summed E-state index contributed by atoms with van der Waals surface area (Å²) in [4.78, 5) is 28.8. The number of piperidine rings is 1. The Morgan fingerprint density at radius 1 is 1.21 bits per heavy atom. The van der Waals surface area contributed by atoms with Crippen molar-refractivity contribution >= 4 is 45.8 Å². The number of anilines is 1. The molecule has 0 radical (unpaired) electrons. The molecule has 2 aromatic heterocycles. The molecule has 2 aliphatic rings. The fraction of sp³-hybridized carbons (Fsp3) is 0.433. The molecule has 1 amide bonds. The molecule has 1 unspecified atom stereocenters. The van der Waals surface area contributed by atoms with E-state index in [2.05, 4.69) is 27.8 Å². The van der Waals surface area contributed by atoms with Gasteiger partial charge in [0.1, 0.15) is 22.8 Å². The molecule has 10 nitrogen and oxygen atoms in total. The molecule has 0 spiro atoms. The Balaban J connectivity index is 1.60. The number of hydrogen-bond donors (Lipinski definition) is 1. The third-order valence-electron chi connectivity index (χ3n) is 8.02. The minimum Gasteiger partial charge on any atom is -0.495 e. The van der Waals surface area contributed by atoms with Crippen molar-refractivity contribution in [2.45, 2.75) is 32.2 Å². The summed E-state index contributed by atoms with van der Waals surface area (Å²) in [6.07, 6.45) is 4.91. The molecule has 4 heterocycles. The normalized spacial score (nSPS) is 19.8. The van der Waals surface area contributed by atoms with Crippen LogP contribution >= 0.6 is 23.2 Å². The number of nitrogens with zero attached hydrogens (tertiary/aromatic N) is 5. The highest BCUT2D eigenvalue weighted by Crippen LogP contribution is 2.46. The van der Waals surface area contributed by atoms with Gasteiger partial charge in [0.15, 0.2) is 5.82 Å². The Kier molecular flexibility index (Phi) is 8.73. The average Bonchev–Trinajstić information content (AvgIpc) is 3.43. The fourth-order valence-electron chi connectivity index (χ4n) is 5.38. The Hall–Kier alpha value is -3.65. The van der Waals surface area contributed by atoms with Crippen LogP contribution in [0.3, 0.4) is 0 Å². The number of nitriles is 1. The zero-order valence-corrected chi connectivity index (χ0v) is 25.3. The van der Waals surface area contributed by atoms with Gasteiger partial charge in [0, 0.05) is 48.6 Å². The summed E-state index contributed by atoms with van der Waals surface area (Å²) < 4.78 is 16.6. The predicted octanol–water partition coefficient (Wildman–Crippen LogP) is 5.01. The van der Waals surface area contributed by atoms with Gasteiger partial charge in [0.25, 0.3) is 0 Å². The van der Waals surface area contributed by atoms with Crippen LogP contribution in [0.25, 0.3) is 22.2 Å². The lowest BCUT2D eigenvalue weighted by molar-refractivity contribution is -0.117. The van der Waals surface area contributed by atoms with Crippen LogP contribution in [0.5, 0.6) is 11.5 Å². The summed E-state index contributed by atoms with van der Waals surface area (Å²) in [5.41, 5.74) is 1.28. The Labute approximate surface area is 254 Å². The van der Waals surface area contributed by atoms with Gasteiger partial charge in [-0.3, -0.25) is 4.79 Å². The highest BCUT2D eigenvalue weighted by Gasteiger charge is 2.33. The van der Waals surface area contributed by atoms with Crippen molar-refractivity contribution < 1.29 is 19.0 Å². The van der Waals surface area contributed by atoms with E-state index in [0.717, 1.165) is 5.39 Å². The molecule has 0 saturated carbocycles. The molecule has 2 atom stereocenters. The number of methoxy groups -OCH3 is 2. The number of benzene rings is 1. The largest absolute Gasteiger partial charge is 0.495 e. The molecule has 0 bridgehead atoms. The summed E-state index contributed by atoms with van der Waals surface area (Å²) in [5.74, 6) is 1.85. The number of hydrogen-bond acceptors (Lipinski definition) is 9. The maximum absolute atomic E-state index is 11.9. The van der Waals surface area contributed by atoms with Gasteiger partial charge in [-0.15, -0.1) is 0 Å². The minimum absolute atomic E-state index is 0.00946. The number of carbonyl (C=O) groups excluding carboxylic acids is 1. The first-order valence-corrected chi connectivity index (χ1v) is 14.4. The number of rotatable bonds is 8. The van der Waals surface area contributed by atoms with E-state index in [1.807, 2.05) is 13.0 Å². The lowest BCUT2D eigenvalue weighted by Gasteiger charge is -2.36. The number of pyridine rings is 1. The molecule has 2 aliphatic heterocycles. The quantitative estimate of drug-likeness (QED) is 0.351. The molecular weight excluding hydrogens is 579 g/mol. The van der Waals surface area contributed by atoms with Crippen LogP contribution in [0.2, 0.25) is 10.0 Å². The molecule has 5 rings (SSSR count). The number of halogens is 2. The lowest BCUT2D eigenvalue weighted by Crippen LogP contribution is -2.40. The van der Waals surface area contributed by atoms with Gasteiger partial charge in [0.2, 0.25) is 5.91 Å². The van der Waals surface area contributed by atoms with Gasteiger partial charge in [0.05, 0.1) is 60.7 Å². The van der Waals surface area contributed by atoms with Gasteiger partial charge in [-0.2, -0.15) is 5.26 Å². The van der Waals surface area contributed by atoms with Gasteiger partial charge < -0.3 is 24.4 Å². The Morgan fingerprint density at radius 2 is 1.90 bits per heavy atom. The average molecular weight is 612 g/mol. The topological polar surface area (TPSA) is 122 Å². The van der Waals surface area contributed by atoms with E-state index >= 15 is 0 Å². The van der Waals surface area contributed by atoms with Crippen LogP contribution in [0.1, 0.15) is 25.6 Å².